The number of amides is 1. The number of anilines is 2. The van der Waals surface area contributed by atoms with Crippen LogP contribution in [0.3, 0.4) is 0 Å². The van der Waals surface area contributed by atoms with Crippen LogP contribution in [0.15, 0.2) is 24.3 Å². The number of hydrogen-bond donors (Lipinski definition) is 1. The molecule has 9 heteroatoms. The number of carbonyl (C=O) groups excluding carboxylic acids is 1. The van der Waals surface area contributed by atoms with E-state index in [4.69, 9.17) is 22.1 Å². The summed E-state index contributed by atoms with van der Waals surface area (Å²) in [6.07, 6.45) is 0.865. The van der Waals surface area contributed by atoms with Crippen molar-refractivity contribution in [2.45, 2.75) is 19.4 Å². The molecule has 1 amide bonds. The molecule has 0 radical (unpaired) electrons. The van der Waals surface area contributed by atoms with Crippen molar-refractivity contribution in [2.24, 2.45) is 0 Å². The third kappa shape index (κ3) is 5.84. The van der Waals surface area contributed by atoms with Crippen molar-refractivity contribution in [3.63, 3.8) is 0 Å². The van der Waals surface area contributed by atoms with Gasteiger partial charge in [0.2, 0.25) is 5.95 Å². The van der Waals surface area contributed by atoms with Crippen molar-refractivity contribution >= 4 is 29.3 Å². The number of hydrogen-bond acceptors (Lipinski definition) is 7. The second-order valence-electron chi connectivity index (χ2n) is 8.13. The zero-order valence-electron chi connectivity index (χ0n) is 18.6. The Hall–Kier alpha value is -2.42. The van der Waals surface area contributed by atoms with E-state index < -0.39 is 0 Å². The highest BCUT2D eigenvalue weighted by Gasteiger charge is 2.27. The molecule has 1 atom stereocenters. The molecule has 168 valence electrons. The molecule has 1 aromatic heterocycles. The van der Waals surface area contributed by atoms with Gasteiger partial charge in [0.05, 0.1) is 12.6 Å². The molecular formula is C22H31ClN6O2. The van der Waals surface area contributed by atoms with Gasteiger partial charge in [0.15, 0.2) is 0 Å². The van der Waals surface area contributed by atoms with Gasteiger partial charge in [0, 0.05) is 55.6 Å². The largest absolute Gasteiger partial charge is 0.379 e. The SMILES string of the molecule is Cc1cc(N2CCCOC[C@H]2c2ccc(C(=O)N(C)CCN(C)C)cc2Cl)nc(N)n1. The van der Waals surface area contributed by atoms with Gasteiger partial charge in [0.1, 0.15) is 5.82 Å². The molecule has 2 N–H and O–H groups in total. The van der Waals surface area contributed by atoms with E-state index in [-0.39, 0.29) is 17.9 Å². The molecule has 8 nitrogen and oxygen atoms in total. The Kier molecular flexibility index (Phi) is 7.69. The van der Waals surface area contributed by atoms with Crippen molar-refractivity contribution in [3.8, 4) is 0 Å². The first-order valence-electron chi connectivity index (χ1n) is 10.4. The van der Waals surface area contributed by atoms with E-state index in [1.807, 2.05) is 44.1 Å². The summed E-state index contributed by atoms with van der Waals surface area (Å²) in [5.41, 5.74) is 8.16. The van der Waals surface area contributed by atoms with Crippen LogP contribution >= 0.6 is 11.6 Å². The van der Waals surface area contributed by atoms with Crippen molar-refractivity contribution < 1.29 is 9.53 Å². The zero-order valence-corrected chi connectivity index (χ0v) is 19.4. The topological polar surface area (TPSA) is 87.8 Å². The zero-order chi connectivity index (χ0) is 22.5. The van der Waals surface area contributed by atoms with Gasteiger partial charge in [-0.25, -0.2) is 4.98 Å². The molecule has 1 fully saturated rings. The van der Waals surface area contributed by atoms with Crippen LogP contribution in [0.4, 0.5) is 11.8 Å². The molecule has 0 saturated carbocycles. The van der Waals surface area contributed by atoms with Gasteiger partial charge < -0.3 is 25.2 Å². The predicted octanol–water partition coefficient (Wildman–Crippen LogP) is 2.62. The fraction of sp³-hybridized carbons (Fsp3) is 0.500. The standard InChI is InChI=1S/C22H31ClN6O2/c1-15-12-20(26-22(24)25-15)29-8-5-11-31-14-19(29)17-7-6-16(13-18(17)23)21(30)28(4)10-9-27(2)3/h6-7,12-13,19H,5,8-11,14H2,1-4H3,(H2,24,25,26)/t19-/m0/s1. The molecule has 0 unspecified atom stereocenters. The molecular weight excluding hydrogens is 416 g/mol. The van der Waals surface area contributed by atoms with Crippen LogP contribution in [-0.4, -0.2) is 79.7 Å². The first-order valence-corrected chi connectivity index (χ1v) is 10.8. The molecule has 1 aliphatic heterocycles. The maximum atomic E-state index is 12.8. The van der Waals surface area contributed by atoms with Crippen molar-refractivity contribution in [3.05, 3.63) is 46.1 Å². The summed E-state index contributed by atoms with van der Waals surface area (Å²) in [5, 5.41) is 0.533. The summed E-state index contributed by atoms with van der Waals surface area (Å²) in [6, 6.07) is 7.27. The van der Waals surface area contributed by atoms with Crippen LogP contribution in [0.5, 0.6) is 0 Å². The third-order valence-electron chi connectivity index (χ3n) is 5.33. The number of rotatable bonds is 6. The van der Waals surface area contributed by atoms with Gasteiger partial charge in [0.25, 0.3) is 5.91 Å². The van der Waals surface area contributed by atoms with Gasteiger partial charge in [-0.15, -0.1) is 0 Å². The lowest BCUT2D eigenvalue weighted by Crippen LogP contribution is -2.34. The monoisotopic (exact) mass is 446 g/mol. The summed E-state index contributed by atoms with van der Waals surface area (Å²) in [7, 11) is 5.77. The first kappa shape index (κ1) is 23.2. The summed E-state index contributed by atoms with van der Waals surface area (Å²) in [4.78, 5) is 27.3. The first-order chi connectivity index (χ1) is 14.8. The molecule has 2 heterocycles. The fourth-order valence-electron chi connectivity index (χ4n) is 3.63. The van der Waals surface area contributed by atoms with E-state index >= 15 is 0 Å². The van der Waals surface area contributed by atoms with Gasteiger partial charge in [-0.2, -0.15) is 4.98 Å². The Bertz CT molecular complexity index is 903. The van der Waals surface area contributed by atoms with Crippen LogP contribution in [0.25, 0.3) is 0 Å². The van der Waals surface area contributed by atoms with E-state index in [1.165, 1.54) is 0 Å². The molecule has 2 aromatic rings. The van der Waals surface area contributed by atoms with Crippen molar-refractivity contribution in [1.29, 1.82) is 0 Å². The molecule has 1 aromatic carbocycles. The summed E-state index contributed by atoms with van der Waals surface area (Å²) >= 11 is 6.69. The Morgan fingerprint density at radius 3 is 2.71 bits per heavy atom. The minimum absolute atomic E-state index is 0.0523. The number of nitrogens with zero attached hydrogens (tertiary/aromatic N) is 5. The lowest BCUT2D eigenvalue weighted by atomic mass is 10.0. The summed E-state index contributed by atoms with van der Waals surface area (Å²) in [5.74, 6) is 0.940. The number of halogens is 1. The van der Waals surface area contributed by atoms with Crippen LogP contribution in [-0.2, 0) is 4.74 Å². The van der Waals surface area contributed by atoms with Gasteiger partial charge in [-0.3, -0.25) is 4.79 Å². The van der Waals surface area contributed by atoms with E-state index in [0.29, 0.717) is 30.3 Å². The lowest BCUT2D eigenvalue weighted by molar-refractivity contribution is 0.0786. The molecule has 0 bridgehead atoms. The van der Waals surface area contributed by atoms with Crippen molar-refractivity contribution in [1.82, 2.24) is 19.8 Å². The van der Waals surface area contributed by atoms with E-state index in [0.717, 1.165) is 36.6 Å². The highest BCUT2D eigenvalue weighted by Crippen LogP contribution is 2.33. The second-order valence-corrected chi connectivity index (χ2v) is 8.54. The van der Waals surface area contributed by atoms with Crippen LogP contribution in [0.2, 0.25) is 5.02 Å². The van der Waals surface area contributed by atoms with E-state index in [9.17, 15) is 4.79 Å². The molecule has 0 aliphatic carbocycles. The van der Waals surface area contributed by atoms with Gasteiger partial charge in [-0.1, -0.05) is 17.7 Å². The molecule has 0 spiro atoms. The second kappa shape index (κ2) is 10.3. The highest BCUT2D eigenvalue weighted by atomic mass is 35.5. The number of aryl methyl sites for hydroxylation is 1. The number of aromatic nitrogens is 2. The fourth-order valence-corrected chi connectivity index (χ4v) is 3.94. The number of benzene rings is 1. The Balaban J connectivity index is 1.87. The minimum Gasteiger partial charge on any atom is -0.379 e. The molecule has 1 aliphatic rings. The van der Waals surface area contributed by atoms with E-state index in [2.05, 4.69) is 14.9 Å². The van der Waals surface area contributed by atoms with Crippen LogP contribution in [0.1, 0.15) is 34.1 Å². The Labute approximate surface area is 188 Å². The number of nitrogens with two attached hydrogens (primary N) is 1. The van der Waals surface area contributed by atoms with Crippen LogP contribution in [0, 0.1) is 6.92 Å². The maximum absolute atomic E-state index is 12.8. The molecule has 3 rings (SSSR count). The average molecular weight is 447 g/mol. The van der Waals surface area contributed by atoms with Crippen LogP contribution < -0.4 is 10.6 Å². The average Bonchev–Trinajstić information content (AvgIpc) is 2.96. The maximum Gasteiger partial charge on any atom is 0.253 e. The number of carbonyl (C=O) groups is 1. The quantitative estimate of drug-likeness (QED) is 0.729. The highest BCUT2D eigenvalue weighted by molar-refractivity contribution is 6.31. The number of nitrogen functional groups attached to an aromatic ring is 1. The minimum atomic E-state index is -0.140. The Morgan fingerprint density at radius 1 is 1.26 bits per heavy atom. The number of likely N-dealkylation sites (N-methyl/N-ethyl adjacent to an activating group) is 2. The molecule has 1 saturated heterocycles. The van der Waals surface area contributed by atoms with Gasteiger partial charge in [-0.05, 0) is 45.1 Å². The summed E-state index contributed by atoms with van der Waals surface area (Å²) in [6.45, 7) is 5.22. The Morgan fingerprint density at radius 2 is 2.03 bits per heavy atom. The summed E-state index contributed by atoms with van der Waals surface area (Å²) < 4.78 is 5.84. The molecule has 31 heavy (non-hydrogen) atoms. The third-order valence-corrected chi connectivity index (χ3v) is 5.65. The predicted molar refractivity (Wildman–Crippen MR) is 124 cm³/mol. The van der Waals surface area contributed by atoms with E-state index in [1.54, 1.807) is 18.0 Å². The smallest absolute Gasteiger partial charge is 0.253 e. The van der Waals surface area contributed by atoms with Crippen molar-refractivity contribution in [2.75, 3.05) is 64.6 Å². The lowest BCUT2D eigenvalue weighted by Gasteiger charge is -2.31. The normalized spacial score (nSPS) is 17.0. The van der Waals surface area contributed by atoms with Gasteiger partial charge >= 0.3 is 0 Å². The number of ether oxygens (including phenoxy) is 1.